The molecule has 0 aliphatic heterocycles. The second-order valence-electron chi connectivity index (χ2n) is 16.8. The number of hydrogen-bond acceptors (Lipinski definition) is 3. The fraction of sp³-hybridized carbons (Fsp3) is 0.170. The van der Waals surface area contributed by atoms with Crippen LogP contribution in [0, 0.1) is 23.8 Å². The quantitative estimate of drug-likeness (QED) is 0.113. The molecule has 0 spiro atoms. The van der Waals surface area contributed by atoms with Crippen LogP contribution in [0.25, 0.3) is 72.8 Å². The van der Waals surface area contributed by atoms with Gasteiger partial charge in [-0.05, 0) is 81.4 Å². The van der Waals surface area contributed by atoms with E-state index < -0.39 is 13.9 Å². The second kappa shape index (κ2) is 18.0. The Balaban J connectivity index is 0.000000262. The summed E-state index contributed by atoms with van der Waals surface area (Å²) < 4.78 is 36.5. The number of rotatable bonds is 8. The van der Waals surface area contributed by atoms with Crippen molar-refractivity contribution in [2.45, 2.75) is 59.2 Å². The van der Waals surface area contributed by atoms with Gasteiger partial charge in [0.1, 0.15) is 11.3 Å². The smallest absolute Gasteiger partial charge is 0.134 e. The van der Waals surface area contributed by atoms with Gasteiger partial charge in [0.25, 0.3) is 0 Å². The first-order valence-corrected chi connectivity index (χ1v) is 23.9. The predicted octanol–water partition coefficient (Wildman–Crippen LogP) is 14.2. The molecule has 0 bridgehead atoms. The van der Waals surface area contributed by atoms with Gasteiger partial charge >= 0.3 is 0 Å². The molecule has 61 heavy (non-hydrogen) atoms. The van der Waals surface area contributed by atoms with Crippen molar-refractivity contribution in [3.8, 4) is 50.8 Å². The number of pyridine rings is 1. The Morgan fingerprint density at radius 1 is 0.672 bits per heavy atom. The third-order valence-electron chi connectivity index (χ3n) is 10.8. The van der Waals surface area contributed by atoms with Crippen LogP contribution in [-0.4, -0.2) is 22.6 Å². The van der Waals surface area contributed by atoms with Gasteiger partial charge in [-0.1, -0.05) is 132 Å². The van der Waals surface area contributed by atoms with Crippen LogP contribution in [-0.2, 0) is 20.1 Å². The van der Waals surface area contributed by atoms with Gasteiger partial charge in [0.05, 0.1) is 24.9 Å². The topological polar surface area (TPSA) is 43.9 Å². The number of aromatic nitrogens is 3. The molecule has 0 aliphatic rings. The van der Waals surface area contributed by atoms with E-state index in [0.717, 1.165) is 38.9 Å². The van der Waals surface area contributed by atoms with E-state index in [1.54, 1.807) is 6.07 Å². The summed E-state index contributed by atoms with van der Waals surface area (Å²) in [6, 6.07) is 50.8. The van der Waals surface area contributed by atoms with Gasteiger partial charge in [-0.3, -0.25) is 9.37 Å². The molecular weight excluding hydrogens is 953 g/mol. The van der Waals surface area contributed by atoms with E-state index in [-0.39, 0.29) is 37.8 Å². The largest absolute Gasteiger partial charge is 0.458 e. The minimum Gasteiger partial charge on any atom is -0.458 e. The molecule has 309 valence electrons. The molecule has 0 fully saturated rings. The molecule has 0 amide bonds. The maximum absolute atomic E-state index is 15.4. The second-order valence-corrected chi connectivity index (χ2v) is 21.9. The van der Waals surface area contributed by atoms with Gasteiger partial charge in [0, 0.05) is 49.0 Å². The van der Waals surface area contributed by atoms with E-state index in [2.05, 4.69) is 118 Å². The summed E-state index contributed by atoms with van der Waals surface area (Å²) in [5.41, 5.74) is 11.4. The first-order chi connectivity index (χ1) is 28.8. The Kier molecular flexibility index (Phi) is 12.8. The van der Waals surface area contributed by atoms with E-state index in [0.29, 0.717) is 22.7 Å². The molecule has 9 rings (SSSR count). The van der Waals surface area contributed by atoms with Gasteiger partial charge in [0.15, 0.2) is 0 Å². The van der Waals surface area contributed by atoms with Gasteiger partial charge < -0.3 is 14.0 Å². The van der Waals surface area contributed by atoms with Crippen molar-refractivity contribution in [3.05, 3.63) is 181 Å². The maximum Gasteiger partial charge on any atom is 0.134 e. The van der Waals surface area contributed by atoms with Gasteiger partial charge in [-0.25, -0.2) is 4.39 Å². The number of benzene rings is 6. The van der Waals surface area contributed by atoms with Crippen LogP contribution in [0.5, 0.6) is 0 Å². The molecule has 8 heteroatoms. The minimum absolute atomic E-state index is 0. The fourth-order valence-electron chi connectivity index (χ4n) is 7.53. The van der Waals surface area contributed by atoms with E-state index >= 15 is 4.39 Å². The first kappa shape index (κ1) is 43.3. The molecule has 0 atom stereocenters. The summed E-state index contributed by atoms with van der Waals surface area (Å²) in [5, 5.41) is 2.30. The maximum atomic E-state index is 15.4. The van der Waals surface area contributed by atoms with Crippen molar-refractivity contribution in [2.75, 3.05) is 0 Å². The van der Waals surface area contributed by atoms with Crippen LogP contribution in [0.15, 0.2) is 150 Å². The Labute approximate surface area is 371 Å². The molecule has 0 unspecified atom stereocenters. The Bertz CT molecular complexity index is 2870. The third kappa shape index (κ3) is 9.28. The summed E-state index contributed by atoms with van der Waals surface area (Å²) in [6.45, 7) is 15.8. The van der Waals surface area contributed by atoms with E-state index in [1.165, 1.54) is 45.6 Å². The summed E-state index contributed by atoms with van der Waals surface area (Å²) in [5.74, 6) is 0.984. The summed E-state index contributed by atoms with van der Waals surface area (Å²) in [6.07, 6.45) is 1.93. The van der Waals surface area contributed by atoms with E-state index in [4.69, 9.17) is 9.40 Å². The van der Waals surface area contributed by atoms with Gasteiger partial charge in [-0.15, -0.1) is 47.5 Å². The summed E-state index contributed by atoms with van der Waals surface area (Å²) >= 11 is 0. The zero-order chi connectivity index (χ0) is 42.1. The molecule has 6 aromatic carbocycles. The molecular formula is C53H47F2IrN3OSi-2. The summed E-state index contributed by atoms with van der Waals surface area (Å²) in [4.78, 5) is 9.52. The Morgan fingerprint density at radius 2 is 1.36 bits per heavy atom. The molecule has 9 aromatic rings. The SMILES string of the molecule is CC(C)c1cc(-c2ccccc2)cc(C(C)C)c1-n1c(-c2[c-]c(F)cc(-c3cc4ccccc4o3)c2)nc2ccccc21.C[Si](C)(C)c1ccc(-c2[c-]cc(F)cc2)nc1.[Ir]. The number of imidazole rings is 1. The predicted molar refractivity (Wildman–Crippen MR) is 246 cm³/mol. The molecule has 3 heterocycles. The van der Waals surface area contributed by atoms with Crippen LogP contribution in [0.1, 0.15) is 50.7 Å². The number of fused-ring (bicyclic) bond motifs is 2. The Morgan fingerprint density at radius 3 is 2.00 bits per heavy atom. The average Bonchev–Trinajstić information content (AvgIpc) is 3.86. The number of para-hydroxylation sites is 3. The summed E-state index contributed by atoms with van der Waals surface area (Å²) in [7, 11) is -1.30. The monoisotopic (exact) mass is 1000 g/mol. The molecule has 1 radical (unpaired) electrons. The molecule has 0 aliphatic carbocycles. The van der Waals surface area contributed by atoms with Crippen LogP contribution in [0.2, 0.25) is 19.6 Å². The molecule has 4 nitrogen and oxygen atoms in total. The molecule has 3 aromatic heterocycles. The fourth-order valence-corrected chi connectivity index (χ4v) is 8.57. The van der Waals surface area contributed by atoms with Crippen molar-refractivity contribution < 1.29 is 33.3 Å². The first-order valence-electron chi connectivity index (χ1n) is 20.4. The Hall–Kier alpha value is -5.79. The van der Waals surface area contributed by atoms with Crippen molar-refractivity contribution in [2.24, 2.45) is 0 Å². The number of hydrogen-bond donors (Lipinski definition) is 0. The van der Waals surface area contributed by atoms with Gasteiger partial charge in [-0.2, -0.15) is 0 Å². The van der Waals surface area contributed by atoms with Crippen LogP contribution in [0.4, 0.5) is 8.78 Å². The number of furan rings is 1. The number of halogens is 2. The zero-order valence-electron chi connectivity index (χ0n) is 35.4. The standard InChI is InChI=1S/C39H32FN2O.C14H15FNSi.Ir/c1-24(2)32-21-28(26-12-6-5-7-13-26)22-33(25(3)4)38(32)42-35-16-10-9-15-34(35)41-39(42)30-18-29(19-31(40)20-30)37-23-27-14-8-11-17-36(27)43-37;1-17(2,3)13-8-9-14(16-10-13)11-4-6-12(15)7-5-11;/h5-19,21-25H,1-4H3;4,6-10H,1-3H3;/q2*-1;. The zero-order valence-corrected chi connectivity index (χ0v) is 38.7. The van der Waals surface area contributed by atoms with Crippen molar-refractivity contribution in [1.82, 2.24) is 14.5 Å². The molecule has 0 saturated heterocycles. The van der Waals surface area contributed by atoms with Crippen LogP contribution < -0.4 is 5.19 Å². The van der Waals surface area contributed by atoms with Crippen molar-refractivity contribution >= 4 is 35.3 Å². The molecule has 0 saturated carbocycles. The van der Waals surface area contributed by atoms with E-state index in [9.17, 15) is 4.39 Å². The van der Waals surface area contributed by atoms with Crippen LogP contribution >= 0.6 is 0 Å². The number of nitrogens with zero attached hydrogens (tertiary/aromatic N) is 3. The van der Waals surface area contributed by atoms with Crippen LogP contribution in [0.3, 0.4) is 0 Å². The average molecular weight is 1000 g/mol. The normalized spacial score (nSPS) is 11.5. The molecule has 0 N–H and O–H groups in total. The minimum atomic E-state index is -1.30. The van der Waals surface area contributed by atoms with Crippen molar-refractivity contribution in [1.29, 1.82) is 0 Å². The van der Waals surface area contributed by atoms with Crippen molar-refractivity contribution in [3.63, 3.8) is 0 Å². The van der Waals surface area contributed by atoms with E-state index in [1.807, 2.05) is 72.9 Å². The third-order valence-corrected chi connectivity index (χ3v) is 12.8. The van der Waals surface area contributed by atoms with Gasteiger partial charge in [0.2, 0.25) is 0 Å².